The lowest BCUT2D eigenvalue weighted by molar-refractivity contribution is -0.136. The van der Waals surface area contributed by atoms with Gasteiger partial charge in [-0.25, -0.2) is 4.79 Å². The molecule has 7 heteroatoms. The zero-order valence-electron chi connectivity index (χ0n) is 18.4. The summed E-state index contributed by atoms with van der Waals surface area (Å²) in [5, 5.41) is 0. The lowest BCUT2D eigenvalue weighted by Gasteiger charge is -2.38. The molecule has 3 fully saturated rings. The number of amides is 2. The van der Waals surface area contributed by atoms with E-state index in [9.17, 15) is 9.59 Å². The number of rotatable bonds is 5. The van der Waals surface area contributed by atoms with Gasteiger partial charge in [0.1, 0.15) is 5.60 Å². The van der Waals surface area contributed by atoms with Gasteiger partial charge in [-0.3, -0.25) is 9.69 Å². The third-order valence-corrected chi connectivity index (χ3v) is 6.41. The fourth-order valence-electron chi connectivity index (χ4n) is 4.55. The van der Waals surface area contributed by atoms with E-state index >= 15 is 0 Å². The van der Waals surface area contributed by atoms with E-state index in [2.05, 4.69) is 44.7 Å². The Labute approximate surface area is 169 Å². The Kier molecular flexibility index (Phi) is 6.25. The first kappa shape index (κ1) is 21.4. The smallest absolute Gasteiger partial charge is 0.410 e. The molecule has 0 aliphatic carbocycles. The molecule has 0 radical (unpaired) electrons. The molecule has 0 aromatic rings. The summed E-state index contributed by atoms with van der Waals surface area (Å²) in [6, 6.07) is 0.617. The van der Waals surface area contributed by atoms with Crippen molar-refractivity contribution >= 4 is 12.0 Å². The Bertz CT molecular complexity index is 579. The predicted octanol–water partition coefficient (Wildman–Crippen LogP) is 1.87. The average molecular weight is 395 g/mol. The van der Waals surface area contributed by atoms with Crippen LogP contribution in [0.2, 0.25) is 0 Å². The first-order valence-electron chi connectivity index (χ1n) is 10.7. The first-order valence-corrected chi connectivity index (χ1v) is 10.7. The molecule has 0 N–H and O–H groups in total. The van der Waals surface area contributed by atoms with E-state index in [0.717, 1.165) is 39.0 Å². The quantitative estimate of drug-likeness (QED) is 0.713. The molecular weight excluding hydrogens is 356 g/mol. The van der Waals surface area contributed by atoms with Gasteiger partial charge >= 0.3 is 6.09 Å². The normalized spacial score (nSPS) is 25.8. The number of carbonyl (C=O) groups excluding carboxylic acids is 2. The molecule has 3 aliphatic rings. The van der Waals surface area contributed by atoms with Gasteiger partial charge < -0.3 is 19.4 Å². The molecule has 7 nitrogen and oxygen atoms in total. The summed E-state index contributed by atoms with van der Waals surface area (Å²) >= 11 is 0. The van der Waals surface area contributed by atoms with Crippen LogP contribution in [0.1, 0.15) is 46.5 Å². The molecule has 0 unspecified atom stereocenters. The van der Waals surface area contributed by atoms with Gasteiger partial charge in [-0.15, -0.1) is 0 Å². The highest BCUT2D eigenvalue weighted by molar-refractivity contribution is 5.77. The maximum absolute atomic E-state index is 12.5. The van der Waals surface area contributed by atoms with Crippen LogP contribution in [0.15, 0.2) is 0 Å². The Morgan fingerprint density at radius 1 is 1.18 bits per heavy atom. The summed E-state index contributed by atoms with van der Waals surface area (Å²) in [7, 11) is 4.27. The van der Waals surface area contributed by atoms with Gasteiger partial charge in [0.25, 0.3) is 0 Å². The number of carbonyl (C=O) groups is 2. The van der Waals surface area contributed by atoms with Crippen LogP contribution in [0.3, 0.4) is 0 Å². The number of likely N-dealkylation sites (N-methyl/N-ethyl adjacent to an activating group) is 1. The van der Waals surface area contributed by atoms with Gasteiger partial charge in [-0.2, -0.15) is 0 Å². The van der Waals surface area contributed by atoms with E-state index in [1.165, 1.54) is 6.42 Å². The zero-order valence-corrected chi connectivity index (χ0v) is 18.4. The number of likely N-dealkylation sites (tertiary alicyclic amines) is 2. The van der Waals surface area contributed by atoms with Crippen molar-refractivity contribution in [2.75, 3.05) is 59.9 Å². The lowest BCUT2D eigenvalue weighted by Crippen LogP contribution is -2.49. The number of ether oxygens (including phenoxy) is 1. The van der Waals surface area contributed by atoms with Crippen LogP contribution in [0.25, 0.3) is 0 Å². The van der Waals surface area contributed by atoms with Crippen molar-refractivity contribution in [3.8, 4) is 0 Å². The molecule has 1 spiro atoms. The minimum absolute atomic E-state index is 0.00397. The van der Waals surface area contributed by atoms with Gasteiger partial charge in [-0.1, -0.05) is 20.8 Å². The van der Waals surface area contributed by atoms with Crippen molar-refractivity contribution < 1.29 is 14.3 Å². The molecule has 160 valence electrons. The van der Waals surface area contributed by atoms with Gasteiger partial charge in [-0.05, 0) is 32.5 Å². The Hall–Kier alpha value is -1.34. The summed E-state index contributed by atoms with van der Waals surface area (Å²) in [5.41, 5.74) is -0.392. The second kappa shape index (κ2) is 8.19. The van der Waals surface area contributed by atoms with Crippen LogP contribution in [0, 0.1) is 5.41 Å². The molecule has 0 aromatic heterocycles. The summed E-state index contributed by atoms with van der Waals surface area (Å²) in [4.78, 5) is 33.4. The SMILES string of the molecule is CN(C)[C@H]1CCN(CCN2CC3(CCN(C(=O)CC(C)(C)C)CC3)OC2=O)C1. The van der Waals surface area contributed by atoms with Crippen LogP contribution < -0.4 is 0 Å². The largest absolute Gasteiger partial charge is 0.441 e. The lowest BCUT2D eigenvalue weighted by atomic mass is 9.88. The van der Waals surface area contributed by atoms with Gasteiger partial charge in [0, 0.05) is 58.0 Å². The molecule has 3 rings (SSSR count). The topological polar surface area (TPSA) is 56.3 Å². The third-order valence-electron chi connectivity index (χ3n) is 6.41. The number of piperidine rings is 1. The maximum Gasteiger partial charge on any atom is 0.410 e. The van der Waals surface area contributed by atoms with E-state index in [4.69, 9.17) is 4.74 Å². The predicted molar refractivity (Wildman–Crippen MR) is 109 cm³/mol. The monoisotopic (exact) mass is 394 g/mol. The van der Waals surface area contributed by atoms with Crippen LogP contribution in [0.5, 0.6) is 0 Å². The van der Waals surface area contributed by atoms with Crippen molar-refractivity contribution in [2.45, 2.75) is 58.1 Å². The van der Waals surface area contributed by atoms with E-state index in [1.54, 1.807) is 0 Å². The average Bonchev–Trinajstić information content (AvgIpc) is 3.17. The second-order valence-electron chi connectivity index (χ2n) is 10.3. The Balaban J connectivity index is 1.45. The van der Waals surface area contributed by atoms with Crippen LogP contribution in [-0.4, -0.2) is 103 Å². The summed E-state index contributed by atoms with van der Waals surface area (Å²) in [6.07, 6.45) is 3.07. The number of hydrogen-bond donors (Lipinski definition) is 0. The molecule has 2 amide bonds. The molecule has 28 heavy (non-hydrogen) atoms. The van der Waals surface area contributed by atoms with Gasteiger partial charge in [0.15, 0.2) is 0 Å². The van der Waals surface area contributed by atoms with E-state index in [0.29, 0.717) is 32.1 Å². The van der Waals surface area contributed by atoms with E-state index < -0.39 is 5.60 Å². The highest BCUT2D eigenvalue weighted by atomic mass is 16.6. The van der Waals surface area contributed by atoms with Crippen molar-refractivity contribution in [3.63, 3.8) is 0 Å². The molecule has 1 atom stereocenters. The summed E-state index contributed by atoms with van der Waals surface area (Å²) in [6.45, 7) is 12.1. The highest BCUT2D eigenvalue weighted by Gasteiger charge is 2.47. The van der Waals surface area contributed by atoms with Crippen molar-refractivity contribution in [3.05, 3.63) is 0 Å². The fourth-order valence-corrected chi connectivity index (χ4v) is 4.55. The first-order chi connectivity index (χ1) is 13.1. The molecule has 3 saturated heterocycles. The molecule has 3 heterocycles. The third kappa shape index (κ3) is 5.17. The highest BCUT2D eigenvalue weighted by Crippen LogP contribution is 2.34. The minimum atomic E-state index is -0.396. The van der Waals surface area contributed by atoms with Crippen LogP contribution in [-0.2, 0) is 9.53 Å². The number of hydrogen-bond acceptors (Lipinski definition) is 5. The van der Waals surface area contributed by atoms with E-state index in [-0.39, 0.29) is 17.4 Å². The molecule has 0 bridgehead atoms. The summed E-state index contributed by atoms with van der Waals surface area (Å²) < 4.78 is 5.83. The van der Waals surface area contributed by atoms with Crippen LogP contribution in [0.4, 0.5) is 4.79 Å². The summed E-state index contributed by atoms with van der Waals surface area (Å²) in [5.74, 6) is 0.216. The van der Waals surface area contributed by atoms with E-state index in [1.807, 2.05) is 9.80 Å². The fraction of sp³-hybridized carbons (Fsp3) is 0.905. The standard InChI is InChI=1S/C21H38N4O3/c1-20(2,3)14-18(26)24-10-7-21(8-11-24)16-25(19(27)28-21)13-12-23-9-6-17(15-23)22(4)5/h17H,6-16H2,1-5H3/t17-/m0/s1. The van der Waals surface area contributed by atoms with Crippen LogP contribution >= 0.6 is 0 Å². The number of nitrogens with zero attached hydrogens (tertiary/aromatic N) is 4. The molecule has 0 aromatic carbocycles. The van der Waals surface area contributed by atoms with Crippen molar-refractivity contribution in [1.82, 2.24) is 19.6 Å². The molecule has 0 saturated carbocycles. The minimum Gasteiger partial charge on any atom is -0.441 e. The van der Waals surface area contributed by atoms with Crippen molar-refractivity contribution in [2.24, 2.45) is 5.41 Å². The Morgan fingerprint density at radius 3 is 2.43 bits per heavy atom. The second-order valence-corrected chi connectivity index (χ2v) is 10.3. The maximum atomic E-state index is 12.5. The van der Waals surface area contributed by atoms with Crippen molar-refractivity contribution in [1.29, 1.82) is 0 Å². The molecular formula is C21H38N4O3. The molecule has 3 aliphatic heterocycles. The zero-order chi connectivity index (χ0) is 20.5. The van der Waals surface area contributed by atoms with Gasteiger partial charge in [0.2, 0.25) is 5.91 Å². The Morgan fingerprint density at radius 2 is 1.86 bits per heavy atom. The van der Waals surface area contributed by atoms with Gasteiger partial charge in [0.05, 0.1) is 6.54 Å².